The first kappa shape index (κ1) is 10.3. The Morgan fingerprint density at radius 2 is 1.81 bits per heavy atom. The highest BCUT2D eigenvalue weighted by atomic mass is 15.2. The van der Waals surface area contributed by atoms with Gasteiger partial charge in [0.05, 0.1) is 0 Å². The molecule has 0 amide bonds. The van der Waals surface area contributed by atoms with Crippen LogP contribution in [-0.2, 0) is 13.1 Å². The summed E-state index contributed by atoms with van der Waals surface area (Å²) in [5.41, 5.74) is 9.37. The molecule has 1 aromatic carbocycles. The molecule has 2 heteroatoms. The average molecular weight is 216 g/mol. The number of rotatable bonds is 3. The van der Waals surface area contributed by atoms with Crippen molar-refractivity contribution in [2.75, 3.05) is 6.54 Å². The number of fused-ring (bicyclic) bond motifs is 1. The van der Waals surface area contributed by atoms with Gasteiger partial charge < -0.3 is 5.73 Å². The zero-order chi connectivity index (χ0) is 11.2. The van der Waals surface area contributed by atoms with Crippen LogP contribution in [0.15, 0.2) is 24.3 Å². The summed E-state index contributed by atoms with van der Waals surface area (Å²) in [6.07, 6.45) is 2.65. The van der Waals surface area contributed by atoms with Crippen LogP contribution in [0.1, 0.15) is 30.9 Å². The van der Waals surface area contributed by atoms with Crippen molar-refractivity contribution < 1.29 is 0 Å². The van der Waals surface area contributed by atoms with Gasteiger partial charge in [-0.25, -0.2) is 0 Å². The van der Waals surface area contributed by atoms with Crippen molar-refractivity contribution in [1.29, 1.82) is 0 Å². The maximum Gasteiger partial charge on any atom is 0.0283 e. The summed E-state index contributed by atoms with van der Waals surface area (Å²) in [5, 5.41) is 0. The molecule has 1 saturated carbocycles. The highest BCUT2D eigenvalue weighted by Gasteiger charge is 2.40. The molecule has 0 saturated heterocycles. The fourth-order valence-electron chi connectivity index (χ4n) is 2.87. The Bertz CT molecular complexity index is 368. The van der Waals surface area contributed by atoms with Crippen molar-refractivity contribution >= 4 is 0 Å². The van der Waals surface area contributed by atoms with Gasteiger partial charge >= 0.3 is 0 Å². The Kier molecular flexibility index (Phi) is 2.30. The average Bonchev–Trinajstić information content (AvgIpc) is 3.00. The zero-order valence-electron chi connectivity index (χ0n) is 9.95. The third-order valence-electron chi connectivity index (χ3n) is 3.98. The minimum absolute atomic E-state index is 0.0159. The third kappa shape index (κ3) is 1.87. The first-order valence-electron chi connectivity index (χ1n) is 6.23. The standard InChI is InChI=1S/C14H20N2/c1-14(15,13-6-7-13)10-16-8-11-4-2-3-5-12(11)9-16/h2-5,13H,6-10,15H2,1H3. The van der Waals surface area contributed by atoms with Crippen LogP contribution in [0.4, 0.5) is 0 Å². The molecule has 16 heavy (non-hydrogen) atoms. The van der Waals surface area contributed by atoms with Crippen molar-refractivity contribution in [3.63, 3.8) is 0 Å². The molecule has 1 fully saturated rings. The van der Waals surface area contributed by atoms with Crippen molar-refractivity contribution in [1.82, 2.24) is 4.90 Å². The lowest BCUT2D eigenvalue weighted by Crippen LogP contribution is -2.48. The van der Waals surface area contributed by atoms with E-state index in [1.807, 2.05) is 0 Å². The van der Waals surface area contributed by atoms with Crippen LogP contribution in [0.3, 0.4) is 0 Å². The fourth-order valence-corrected chi connectivity index (χ4v) is 2.87. The highest BCUT2D eigenvalue weighted by molar-refractivity contribution is 5.30. The molecule has 1 atom stereocenters. The molecule has 1 heterocycles. The Labute approximate surface area is 97.4 Å². The van der Waals surface area contributed by atoms with Gasteiger partial charge in [0.25, 0.3) is 0 Å². The molecular formula is C14H20N2. The Hall–Kier alpha value is -0.860. The molecule has 1 unspecified atom stereocenters. The van der Waals surface area contributed by atoms with Crippen LogP contribution >= 0.6 is 0 Å². The minimum Gasteiger partial charge on any atom is -0.324 e. The van der Waals surface area contributed by atoms with Crippen LogP contribution < -0.4 is 5.73 Å². The summed E-state index contributed by atoms with van der Waals surface area (Å²) >= 11 is 0. The summed E-state index contributed by atoms with van der Waals surface area (Å²) in [7, 11) is 0. The van der Waals surface area contributed by atoms with Crippen molar-refractivity contribution in [3.8, 4) is 0 Å². The lowest BCUT2D eigenvalue weighted by Gasteiger charge is -2.30. The van der Waals surface area contributed by atoms with Gasteiger partial charge in [-0.05, 0) is 36.8 Å². The number of benzene rings is 1. The molecule has 0 spiro atoms. The number of hydrogen-bond donors (Lipinski definition) is 1. The quantitative estimate of drug-likeness (QED) is 0.838. The Morgan fingerprint density at radius 3 is 2.31 bits per heavy atom. The molecule has 1 aliphatic carbocycles. The molecular weight excluding hydrogens is 196 g/mol. The van der Waals surface area contributed by atoms with Gasteiger partial charge in [0.15, 0.2) is 0 Å². The van der Waals surface area contributed by atoms with Crippen molar-refractivity contribution in [2.24, 2.45) is 11.7 Å². The highest BCUT2D eigenvalue weighted by Crippen LogP contribution is 2.39. The predicted molar refractivity (Wildman–Crippen MR) is 65.9 cm³/mol. The largest absolute Gasteiger partial charge is 0.324 e. The Morgan fingerprint density at radius 1 is 1.25 bits per heavy atom. The molecule has 3 rings (SSSR count). The lowest BCUT2D eigenvalue weighted by atomic mass is 9.97. The maximum absolute atomic E-state index is 6.40. The second-order valence-corrected chi connectivity index (χ2v) is 5.69. The molecule has 2 nitrogen and oxygen atoms in total. The fraction of sp³-hybridized carbons (Fsp3) is 0.571. The minimum atomic E-state index is 0.0159. The van der Waals surface area contributed by atoms with Gasteiger partial charge in [-0.2, -0.15) is 0 Å². The van der Waals surface area contributed by atoms with Gasteiger partial charge in [0.2, 0.25) is 0 Å². The number of nitrogens with two attached hydrogens (primary N) is 1. The molecule has 2 aliphatic rings. The lowest BCUT2D eigenvalue weighted by molar-refractivity contribution is 0.205. The van der Waals surface area contributed by atoms with Crippen LogP contribution in [0.25, 0.3) is 0 Å². The number of hydrogen-bond acceptors (Lipinski definition) is 2. The van der Waals surface area contributed by atoms with E-state index in [-0.39, 0.29) is 5.54 Å². The van der Waals surface area contributed by atoms with Gasteiger partial charge in [-0.3, -0.25) is 4.90 Å². The monoisotopic (exact) mass is 216 g/mol. The van der Waals surface area contributed by atoms with Crippen molar-refractivity contribution in [2.45, 2.75) is 38.4 Å². The molecule has 2 N–H and O–H groups in total. The second kappa shape index (κ2) is 3.57. The van der Waals surface area contributed by atoms with Gasteiger partial charge in [0.1, 0.15) is 0 Å². The summed E-state index contributed by atoms with van der Waals surface area (Å²) in [5.74, 6) is 0.760. The van der Waals surface area contributed by atoms with E-state index in [4.69, 9.17) is 5.73 Å². The van der Waals surface area contributed by atoms with Gasteiger partial charge in [-0.1, -0.05) is 24.3 Å². The molecule has 0 radical (unpaired) electrons. The van der Waals surface area contributed by atoms with E-state index in [0.717, 1.165) is 25.6 Å². The summed E-state index contributed by atoms with van der Waals surface area (Å²) < 4.78 is 0. The topological polar surface area (TPSA) is 29.3 Å². The van der Waals surface area contributed by atoms with E-state index in [1.54, 1.807) is 0 Å². The summed E-state index contributed by atoms with van der Waals surface area (Å²) in [6, 6.07) is 8.73. The van der Waals surface area contributed by atoms with Gasteiger partial charge in [-0.15, -0.1) is 0 Å². The normalized spacial score (nSPS) is 24.1. The molecule has 0 aromatic heterocycles. The predicted octanol–water partition coefficient (Wildman–Crippen LogP) is 2.13. The molecule has 1 aliphatic heterocycles. The SMILES string of the molecule is CC(N)(CN1Cc2ccccc2C1)C1CC1. The van der Waals surface area contributed by atoms with Crippen LogP contribution in [0.2, 0.25) is 0 Å². The molecule has 0 bridgehead atoms. The molecule has 1 aromatic rings. The van der Waals surface area contributed by atoms with E-state index in [1.165, 1.54) is 24.0 Å². The second-order valence-electron chi connectivity index (χ2n) is 5.69. The summed E-state index contributed by atoms with van der Waals surface area (Å²) in [4.78, 5) is 2.49. The van der Waals surface area contributed by atoms with Crippen LogP contribution in [-0.4, -0.2) is 17.0 Å². The van der Waals surface area contributed by atoms with Crippen molar-refractivity contribution in [3.05, 3.63) is 35.4 Å². The van der Waals surface area contributed by atoms with Crippen LogP contribution in [0, 0.1) is 5.92 Å². The van der Waals surface area contributed by atoms with Crippen LogP contribution in [0.5, 0.6) is 0 Å². The van der Waals surface area contributed by atoms with E-state index < -0.39 is 0 Å². The van der Waals surface area contributed by atoms with E-state index in [9.17, 15) is 0 Å². The van der Waals surface area contributed by atoms with E-state index in [2.05, 4.69) is 36.1 Å². The van der Waals surface area contributed by atoms with E-state index >= 15 is 0 Å². The maximum atomic E-state index is 6.40. The molecule has 86 valence electrons. The van der Waals surface area contributed by atoms with E-state index in [0.29, 0.717) is 0 Å². The zero-order valence-corrected chi connectivity index (χ0v) is 9.95. The number of nitrogens with zero attached hydrogens (tertiary/aromatic N) is 1. The first-order chi connectivity index (χ1) is 7.65. The first-order valence-corrected chi connectivity index (χ1v) is 6.23. The summed E-state index contributed by atoms with van der Waals surface area (Å²) in [6.45, 7) is 5.41. The smallest absolute Gasteiger partial charge is 0.0283 e. The third-order valence-corrected chi connectivity index (χ3v) is 3.98. The van der Waals surface area contributed by atoms with Gasteiger partial charge in [0, 0.05) is 25.2 Å². The Balaban J connectivity index is 1.67.